The first-order chi connectivity index (χ1) is 7.16. The van der Waals surface area contributed by atoms with Gasteiger partial charge in [-0.05, 0) is 12.5 Å². The Balaban J connectivity index is 2.73. The molecule has 80 valence electrons. The van der Waals surface area contributed by atoms with Crippen molar-refractivity contribution in [2.45, 2.75) is 13.0 Å². The van der Waals surface area contributed by atoms with Crippen LogP contribution >= 0.6 is 0 Å². The number of carbonyl (C=O) groups is 1. The average molecular weight is 206 g/mol. The van der Waals surface area contributed by atoms with E-state index in [1.165, 1.54) is 0 Å². The van der Waals surface area contributed by atoms with E-state index in [2.05, 4.69) is 6.58 Å². The van der Waals surface area contributed by atoms with Gasteiger partial charge >= 0.3 is 5.97 Å². The number of hydrogen-bond donors (Lipinski definition) is 1. The lowest BCUT2D eigenvalue weighted by Crippen LogP contribution is -2.13. The van der Waals surface area contributed by atoms with Crippen LogP contribution in [0, 0.1) is 0 Å². The molecule has 1 aromatic carbocycles. The maximum Gasteiger partial charge on any atom is 0.336 e. The zero-order valence-corrected chi connectivity index (χ0v) is 8.64. The lowest BCUT2D eigenvalue weighted by atomic mass is 10.0. The largest absolute Gasteiger partial charge is 0.463 e. The molecule has 1 N–H and O–H groups in total. The molecule has 1 atom stereocenters. The first-order valence-electron chi connectivity index (χ1n) is 4.75. The highest BCUT2D eigenvalue weighted by atomic mass is 16.5. The van der Waals surface area contributed by atoms with E-state index >= 15 is 0 Å². The topological polar surface area (TPSA) is 46.5 Å². The molecule has 0 aliphatic heterocycles. The normalized spacial score (nSPS) is 11.9. The lowest BCUT2D eigenvalue weighted by Gasteiger charge is -2.12. The first kappa shape index (κ1) is 11.5. The first-order valence-corrected chi connectivity index (χ1v) is 4.75. The fraction of sp³-hybridized carbons (Fsp3) is 0.250. The molecule has 0 radical (unpaired) electrons. The highest BCUT2D eigenvalue weighted by Crippen LogP contribution is 2.20. The van der Waals surface area contributed by atoms with Crippen LogP contribution < -0.4 is 0 Å². The number of benzene rings is 1. The van der Waals surface area contributed by atoms with Crippen LogP contribution in [0.15, 0.2) is 42.5 Å². The van der Waals surface area contributed by atoms with Crippen molar-refractivity contribution in [3.63, 3.8) is 0 Å². The minimum absolute atomic E-state index is 0.0584. The van der Waals surface area contributed by atoms with Gasteiger partial charge in [0, 0.05) is 0 Å². The summed E-state index contributed by atoms with van der Waals surface area (Å²) in [5.41, 5.74) is 0.693. The molecule has 0 heterocycles. The zero-order valence-electron chi connectivity index (χ0n) is 8.64. The van der Waals surface area contributed by atoms with Crippen molar-refractivity contribution >= 4 is 5.97 Å². The van der Waals surface area contributed by atoms with Gasteiger partial charge in [0.1, 0.15) is 6.10 Å². The lowest BCUT2D eigenvalue weighted by molar-refractivity contribution is -0.139. The summed E-state index contributed by atoms with van der Waals surface area (Å²) < 4.78 is 4.75. The van der Waals surface area contributed by atoms with Gasteiger partial charge in [0.25, 0.3) is 0 Å². The maximum absolute atomic E-state index is 11.3. The van der Waals surface area contributed by atoms with Crippen LogP contribution in [-0.4, -0.2) is 17.7 Å². The molecular formula is C12H14O3. The number of aliphatic hydroxyl groups excluding tert-OH is 1. The molecule has 3 heteroatoms. The summed E-state index contributed by atoms with van der Waals surface area (Å²) in [5.74, 6) is -0.561. The molecule has 0 aliphatic rings. The van der Waals surface area contributed by atoms with Crippen molar-refractivity contribution in [3.8, 4) is 0 Å². The van der Waals surface area contributed by atoms with E-state index < -0.39 is 12.1 Å². The highest BCUT2D eigenvalue weighted by Gasteiger charge is 2.18. The third-order valence-corrected chi connectivity index (χ3v) is 1.98. The van der Waals surface area contributed by atoms with Crippen LogP contribution in [0.5, 0.6) is 0 Å². The van der Waals surface area contributed by atoms with Crippen LogP contribution in [0.4, 0.5) is 0 Å². The van der Waals surface area contributed by atoms with Crippen LogP contribution in [0.3, 0.4) is 0 Å². The van der Waals surface area contributed by atoms with Crippen LogP contribution in [0.25, 0.3) is 0 Å². The van der Waals surface area contributed by atoms with Crippen molar-refractivity contribution in [2.24, 2.45) is 0 Å². The van der Waals surface area contributed by atoms with Crippen molar-refractivity contribution in [2.75, 3.05) is 6.61 Å². The summed E-state index contributed by atoms with van der Waals surface area (Å²) in [4.78, 5) is 11.3. The van der Waals surface area contributed by atoms with Gasteiger partial charge in [0.2, 0.25) is 0 Å². The van der Waals surface area contributed by atoms with Gasteiger partial charge in [-0.25, -0.2) is 4.79 Å². The Labute approximate surface area is 89.0 Å². The molecule has 0 unspecified atom stereocenters. The molecule has 0 fully saturated rings. The molecule has 0 aliphatic carbocycles. The van der Waals surface area contributed by atoms with Crippen molar-refractivity contribution in [3.05, 3.63) is 48.0 Å². The van der Waals surface area contributed by atoms with Gasteiger partial charge in [0.05, 0.1) is 12.2 Å². The van der Waals surface area contributed by atoms with Crippen LogP contribution in [0.1, 0.15) is 18.6 Å². The fourth-order valence-corrected chi connectivity index (χ4v) is 1.17. The Hall–Kier alpha value is -1.61. The van der Waals surface area contributed by atoms with Gasteiger partial charge in [-0.3, -0.25) is 0 Å². The van der Waals surface area contributed by atoms with Crippen molar-refractivity contribution in [1.29, 1.82) is 0 Å². The van der Waals surface area contributed by atoms with Gasteiger partial charge in [-0.15, -0.1) is 0 Å². The predicted octanol–water partition coefficient (Wildman–Crippen LogP) is 1.84. The molecule has 0 spiro atoms. The third-order valence-electron chi connectivity index (χ3n) is 1.98. The quantitative estimate of drug-likeness (QED) is 0.604. The van der Waals surface area contributed by atoms with E-state index in [0.29, 0.717) is 5.56 Å². The van der Waals surface area contributed by atoms with Gasteiger partial charge in [-0.2, -0.15) is 0 Å². The average Bonchev–Trinajstić information content (AvgIpc) is 2.28. The molecule has 3 nitrogen and oxygen atoms in total. The number of hydrogen-bond acceptors (Lipinski definition) is 3. The molecule has 0 saturated carbocycles. The van der Waals surface area contributed by atoms with Gasteiger partial charge < -0.3 is 9.84 Å². The SMILES string of the molecule is C=C(C(=O)OCC)[C@H](O)c1ccccc1. The number of esters is 1. The maximum atomic E-state index is 11.3. The summed E-state index contributed by atoms with van der Waals surface area (Å²) in [7, 11) is 0. The highest BCUT2D eigenvalue weighted by molar-refractivity contribution is 5.89. The summed E-state index contributed by atoms with van der Waals surface area (Å²) in [5, 5.41) is 9.79. The van der Waals surface area contributed by atoms with E-state index in [-0.39, 0.29) is 12.2 Å². The second kappa shape index (κ2) is 5.32. The predicted molar refractivity (Wildman–Crippen MR) is 57.2 cm³/mol. The van der Waals surface area contributed by atoms with E-state index in [4.69, 9.17) is 4.74 Å². The molecular weight excluding hydrogens is 192 g/mol. The molecule has 0 aromatic heterocycles. The minimum atomic E-state index is -0.995. The minimum Gasteiger partial charge on any atom is -0.463 e. The Kier molecular flexibility index (Phi) is 4.06. The number of rotatable bonds is 4. The van der Waals surface area contributed by atoms with Crippen molar-refractivity contribution in [1.82, 2.24) is 0 Å². The Morgan fingerprint density at radius 3 is 2.60 bits per heavy atom. The molecule has 0 bridgehead atoms. The van der Waals surface area contributed by atoms with Crippen LogP contribution in [0.2, 0.25) is 0 Å². The fourth-order valence-electron chi connectivity index (χ4n) is 1.17. The Morgan fingerprint density at radius 1 is 1.47 bits per heavy atom. The van der Waals surface area contributed by atoms with Crippen LogP contribution in [-0.2, 0) is 9.53 Å². The van der Waals surface area contributed by atoms with Crippen molar-refractivity contribution < 1.29 is 14.6 Å². The number of aliphatic hydroxyl groups is 1. The monoisotopic (exact) mass is 206 g/mol. The molecule has 15 heavy (non-hydrogen) atoms. The summed E-state index contributed by atoms with van der Waals surface area (Å²) in [6, 6.07) is 8.88. The number of carbonyl (C=O) groups excluding carboxylic acids is 1. The summed E-state index contributed by atoms with van der Waals surface area (Å²) in [6.07, 6.45) is -0.995. The smallest absolute Gasteiger partial charge is 0.336 e. The Morgan fingerprint density at radius 2 is 2.07 bits per heavy atom. The number of ether oxygens (including phenoxy) is 1. The van der Waals surface area contributed by atoms with E-state index in [0.717, 1.165) is 0 Å². The molecule has 0 amide bonds. The van der Waals surface area contributed by atoms with E-state index in [1.807, 2.05) is 6.07 Å². The standard InChI is InChI=1S/C12H14O3/c1-3-15-12(14)9(2)11(13)10-7-5-4-6-8-10/h4-8,11,13H,2-3H2,1H3/t11-/m0/s1. The zero-order chi connectivity index (χ0) is 11.3. The van der Waals surface area contributed by atoms with Gasteiger partial charge in [0.15, 0.2) is 0 Å². The second-order valence-electron chi connectivity index (χ2n) is 3.06. The molecule has 1 rings (SSSR count). The van der Waals surface area contributed by atoms with Gasteiger partial charge in [-0.1, -0.05) is 36.9 Å². The second-order valence-corrected chi connectivity index (χ2v) is 3.06. The van der Waals surface area contributed by atoms with E-state index in [9.17, 15) is 9.90 Å². The van der Waals surface area contributed by atoms with E-state index in [1.54, 1.807) is 31.2 Å². The summed E-state index contributed by atoms with van der Waals surface area (Å²) in [6.45, 7) is 5.51. The third kappa shape index (κ3) is 2.92. The molecule has 0 saturated heterocycles. The Bertz CT molecular complexity index is 343. The molecule has 1 aromatic rings. The summed E-state index contributed by atoms with van der Waals surface area (Å²) >= 11 is 0.